The molecule has 1 aliphatic heterocycles. The first-order chi connectivity index (χ1) is 8.47. The molecule has 2 heterocycles. The number of hydrogen-bond acceptors (Lipinski definition) is 3. The van der Waals surface area contributed by atoms with Gasteiger partial charge in [-0.1, -0.05) is 6.92 Å². The van der Waals surface area contributed by atoms with Gasteiger partial charge >= 0.3 is 5.97 Å². The molecule has 0 saturated carbocycles. The van der Waals surface area contributed by atoms with Crippen LogP contribution < -0.4 is 0 Å². The van der Waals surface area contributed by atoms with Crippen LogP contribution in [0.15, 0.2) is 12.3 Å². The molecule has 5 nitrogen and oxygen atoms in total. The van der Waals surface area contributed by atoms with Gasteiger partial charge in [0.2, 0.25) is 0 Å². The molecule has 1 N–H and O–H groups in total. The molecular formula is C13H21N3O2. The molecule has 5 heteroatoms. The van der Waals surface area contributed by atoms with Crippen molar-refractivity contribution in [2.75, 3.05) is 13.1 Å². The second-order valence-corrected chi connectivity index (χ2v) is 5.46. The number of nitrogens with zero attached hydrogens (tertiary/aromatic N) is 3. The maximum atomic E-state index is 10.8. The van der Waals surface area contributed by atoms with Crippen molar-refractivity contribution in [1.82, 2.24) is 14.7 Å². The summed E-state index contributed by atoms with van der Waals surface area (Å²) in [6.45, 7) is 8.54. The van der Waals surface area contributed by atoms with Crippen LogP contribution in [-0.4, -0.2) is 38.8 Å². The Labute approximate surface area is 107 Å². The smallest absolute Gasteiger partial charge is 0.306 e. The van der Waals surface area contributed by atoms with Gasteiger partial charge in [0.15, 0.2) is 0 Å². The minimum atomic E-state index is -0.691. The van der Waals surface area contributed by atoms with Crippen molar-refractivity contribution in [2.24, 2.45) is 11.8 Å². The fourth-order valence-corrected chi connectivity index (χ4v) is 2.24. The monoisotopic (exact) mass is 251 g/mol. The standard InChI is InChI=1S/C13H21N3O2/c1-9(2)16-5-4-12(14-16)8-15-6-11(7-15)10(3)13(17)18/h4-5,9-11H,6-8H2,1-3H3,(H,17,18). The predicted octanol–water partition coefficient (Wildman–Crippen LogP) is 1.62. The minimum absolute atomic E-state index is 0.241. The Bertz CT molecular complexity index is 422. The number of rotatable bonds is 5. The van der Waals surface area contributed by atoms with Crippen LogP contribution in [0.2, 0.25) is 0 Å². The molecule has 1 saturated heterocycles. The van der Waals surface area contributed by atoms with Gasteiger partial charge in [0.05, 0.1) is 11.6 Å². The Kier molecular flexibility index (Phi) is 3.71. The third-order valence-corrected chi connectivity index (χ3v) is 3.66. The van der Waals surface area contributed by atoms with Crippen LogP contribution in [0, 0.1) is 11.8 Å². The topological polar surface area (TPSA) is 58.4 Å². The molecule has 0 aliphatic carbocycles. The zero-order valence-electron chi connectivity index (χ0n) is 11.2. The lowest BCUT2D eigenvalue weighted by molar-refractivity contribution is -0.145. The highest BCUT2D eigenvalue weighted by Gasteiger charge is 2.34. The van der Waals surface area contributed by atoms with Crippen LogP contribution in [0.5, 0.6) is 0 Å². The fraction of sp³-hybridized carbons (Fsp3) is 0.692. The predicted molar refractivity (Wildman–Crippen MR) is 68.2 cm³/mol. The van der Waals surface area contributed by atoms with E-state index in [9.17, 15) is 4.79 Å². The van der Waals surface area contributed by atoms with E-state index in [-0.39, 0.29) is 11.8 Å². The van der Waals surface area contributed by atoms with Crippen molar-refractivity contribution in [3.8, 4) is 0 Å². The summed E-state index contributed by atoms with van der Waals surface area (Å²) < 4.78 is 1.95. The third kappa shape index (κ3) is 2.72. The van der Waals surface area contributed by atoms with Crippen molar-refractivity contribution < 1.29 is 9.90 Å². The highest BCUT2D eigenvalue weighted by atomic mass is 16.4. The van der Waals surface area contributed by atoms with Gasteiger partial charge in [0.1, 0.15) is 0 Å². The first-order valence-electron chi connectivity index (χ1n) is 6.46. The maximum Gasteiger partial charge on any atom is 0.306 e. The summed E-state index contributed by atoms with van der Waals surface area (Å²) >= 11 is 0. The molecule has 1 aromatic heterocycles. The highest BCUT2D eigenvalue weighted by molar-refractivity contribution is 5.70. The van der Waals surface area contributed by atoms with E-state index >= 15 is 0 Å². The van der Waals surface area contributed by atoms with E-state index in [1.54, 1.807) is 6.92 Å². The number of carboxylic acids is 1. The summed E-state index contributed by atoms with van der Waals surface area (Å²) in [7, 11) is 0. The molecule has 0 bridgehead atoms. The Morgan fingerprint density at radius 3 is 2.67 bits per heavy atom. The second-order valence-electron chi connectivity index (χ2n) is 5.46. The normalized spacial score (nSPS) is 18.9. The molecule has 0 spiro atoms. The number of likely N-dealkylation sites (tertiary alicyclic amines) is 1. The molecule has 1 aliphatic rings. The quantitative estimate of drug-likeness (QED) is 0.864. The van der Waals surface area contributed by atoms with Crippen LogP contribution >= 0.6 is 0 Å². The van der Waals surface area contributed by atoms with E-state index < -0.39 is 5.97 Å². The number of hydrogen-bond donors (Lipinski definition) is 1. The second kappa shape index (κ2) is 5.10. The molecule has 1 atom stereocenters. The average molecular weight is 251 g/mol. The molecule has 1 unspecified atom stereocenters. The van der Waals surface area contributed by atoms with Gasteiger partial charge in [-0.05, 0) is 25.8 Å². The van der Waals surface area contributed by atoms with Crippen molar-refractivity contribution in [2.45, 2.75) is 33.4 Å². The molecule has 1 aromatic rings. The van der Waals surface area contributed by atoms with Gasteiger partial charge in [-0.25, -0.2) is 0 Å². The summed E-state index contributed by atoms with van der Waals surface area (Å²) in [5.74, 6) is -0.645. The van der Waals surface area contributed by atoms with E-state index in [1.807, 2.05) is 16.9 Å². The first-order valence-corrected chi connectivity index (χ1v) is 6.46. The van der Waals surface area contributed by atoms with E-state index in [0.29, 0.717) is 6.04 Å². The molecular weight excluding hydrogens is 230 g/mol. The van der Waals surface area contributed by atoms with Crippen LogP contribution in [-0.2, 0) is 11.3 Å². The summed E-state index contributed by atoms with van der Waals surface area (Å²) in [5, 5.41) is 13.4. The van der Waals surface area contributed by atoms with E-state index in [0.717, 1.165) is 25.3 Å². The number of aromatic nitrogens is 2. The lowest BCUT2D eigenvalue weighted by Gasteiger charge is -2.40. The SMILES string of the molecule is CC(C(=O)O)C1CN(Cc2ccn(C(C)C)n2)C1. The van der Waals surface area contributed by atoms with Gasteiger partial charge in [-0.15, -0.1) is 0 Å². The van der Waals surface area contributed by atoms with Crippen molar-refractivity contribution in [3.05, 3.63) is 18.0 Å². The lowest BCUT2D eigenvalue weighted by Crippen LogP contribution is -2.50. The van der Waals surface area contributed by atoms with E-state index in [1.165, 1.54) is 0 Å². The summed E-state index contributed by atoms with van der Waals surface area (Å²) in [4.78, 5) is 13.1. The highest BCUT2D eigenvalue weighted by Crippen LogP contribution is 2.25. The molecule has 0 aromatic carbocycles. The summed E-state index contributed by atoms with van der Waals surface area (Å²) in [6.07, 6.45) is 2.00. The van der Waals surface area contributed by atoms with E-state index in [4.69, 9.17) is 5.11 Å². The fourth-order valence-electron chi connectivity index (χ4n) is 2.24. The molecule has 0 radical (unpaired) electrons. The number of carbonyl (C=O) groups is 1. The lowest BCUT2D eigenvalue weighted by atomic mass is 9.87. The average Bonchev–Trinajstić information content (AvgIpc) is 2.70. The van der Waals surface area contributed by atoms with Crippen LogP contribution in [0.3, 0.4) is 0 Å². The molecule has 2 rings (SSSR count). The van der Waals surface area contributed by atoms with Crippen LogP contribution in [0.1, 0.15) is 32.5 Å². The largest absolute Gasteiger partial charge is 0.481 e. The Morgan fingerprint density at radius 2 is 2.17 bits per heavy atom. The van der Waals surface area contributed by atoms with Gasteiger partial charge in [-0.3, -0.25) is 14.4 Å². The molecule has 1 fully saturated rings. The third-order valence-electron chi connectivity index (χ3n) is 3.66. The maximum absolute atomic E-state index is 10.8. The number of aliphatic carboxylic acids is 1. The number of carboxylic acid groups (broad SMARTS) is 1. The van der Waals surface area contributed by atoms with Gasteiger partial charge < -0.3 is 5.11 Å². The van der Waals surface area contributed by atoms with Gasteiger partial charge in [-0.2, -0.15) is 5.10 Å². The zero-order chi connectivity index (χ0) is 13.3. The molecule has 100 valence electrons. The van der Waals surface area contributed by atoms with Gasteiger partial charge in [0, 0.05) is 31.9 Å². The first kappa shape index (κ1) is 13.1. The molecule has 0 amide bonds. The summed E-state index contributed by atoms with van der Waals surface area (Å²) in [5.41, 5.74) is 1.06. The Balaban J connectivity index is 1.81. The van der Waals surface area contributed by atoms with E-state index in [2.05, 4.69) is 23.8 Å². The van der Waals surface area contributed by atoms with Gasteiger partial charge in [0.25, 0.3) is 0 Å². The van der Waals surface area contributed by atoms with Crippen molar-refractivity contribution in [1.29, 1.82) is 0 Å². The Hall–Kier alpha value is -1.36. The minimum Gasteiger partial charge on any atom is -0.481 e. The molecule has 18 heavy (non-hydrogen) atoms. The Morgan fingerprint density at radius 1 is 1.50 bits per heavy atom. The van der Waals surface area contributed by atoms with Crippen molar-refractivity contribution >= 4 is 5.97 Å². The summed E-state index contributed by atoms with van der Waals surface area (Å²) in [6, 6.07) is 2.42. The van der Waals surface area contributed by atoms with Crippen LogP contribution in [0.4, 0.5) is 0 Å². The van der Waals surface area contributed by atoms with Crippen molar-refractivity contribution in [3.63, 3.8) is 0 Å². The van der Waals surface area contributed by atoms with Crippen LogP contribution in [0.25, 0.3) is 0 Å². The zero-order valence-corrected chi connectivity index (χ0v) is 11.2.